The van der Waals surface area contributed by atoms with Crippen LogP contribution in [0.15, 0.2) is 47.4 Å². The van der Waals surface area contributed by atoms with Gasteiger partial charge in [0.05, 0.1) is 13.7 Å². The topological polar surface area (TPSA) is 137 Å². The molecule has 1 heterocycles. The Balaban J connectivity index is 1.52. The van der Waals surface area contributed by atoms with Crippen LogP contribution in [0.2, 0.25) is 0 Å². The quantitative estimate of drug-likeness (QED) is 0.520. The molecule has 1 aliphatic rings. The van der Waals surface area contributed by atoms with Crippen molar-refractivity contribution in [1.82, 2.24) is 9.62 Å². The lowest BCUT2D eigenvalue weighted by Gasteiger charge is -2.24. The SMILES string of the molecule is COc1ccc(C(N)=O)cc1S(=O)(=O)NCCc1ccc(OC2CCN(C(=O)OC(C)(C)C)C2)cc1. The molecule has 0 spiro atoms. The number of nitrogens with one attached hydrogen (secondary N) is 1. The Hall–Kier alpha value is -3.31. The average molecular weight is 520 g/mol. The molecule has 3 rings (SSSR count). The average Bonchev–Trinajstić information content (AvgIpc) is 3.27. The zero-order chi connectivity index (χ0) is 26.5. The molecule has 0 aromatic heterocycles. The first-order chi connectivity index (χ1) is 16.9. The molecule has 2 aromatic carbocycles. The van der Waals surface area contributed by atoms with Gasteiger partial charge in [-0.1, -0.05) is 12.1 Å². The van der Waals surface area contributed by atoms with Crippen molar-refractivity contribution < 1.29 is 32.2 Å². The maximum Gasteiger partial charge on any atom is 0.410 e. The molecule has 2 amide bonds. The Labute approximate surface area is 211 Å². The number of hydrogen-bond acceptors (Lipinski definition) is 7. The van der Waals surface area contributed by atoms with E-state index in [1.54, 1.807) is 4.90 Å². The normalized spacial score (nSPS) is 16.0. The summed E-state index contributed by atoms with van der Waals surface area (Å²) in [6.07, 6.45) is 0.683. The number of primary amides is 1. The summed E-state index contributed by atoms with van der Waals surface area (Å²) in [5.74, 6) is 0.0566. The number of methoxy groups -OCH3 is 1. The van der Waals surface area contributed by atoms with E-state index in [1.807, 2.05) is 45.0 Å². The van der Waals surface area contributed by atoms with Crippen molar-refractivity contribution in [2.45, 2.75) is 50.2 Å². The summed E-state index contributed by atoms with van der Waals surface area (Å²) in [5, 5.41) is 0. The van der Waals surface area contributed by atoms with E-state index in [1.165, 1.54) is 25.3 Å². The van der Waals surface area contributed by atoms with Crippen LogP contribution < -0.4 is 19.9 Å². The lowest BCUT2D eigenvalue weighted by molar-refractivity contribution is 0.0275. The highest BCUT2D eigenvalue weighted by molar-refractivity contribution is 7.89. The van der Waals surface area contributed by atoms with Crippen LogP contribution in [0.3, 0.4) is 0 Å². The number of benzene rings is 2. The van der Waals surface area contributed by atoms with Gasteiger partial charge in [0.2, 0.25) is 15.9 Å². The fourth-order valence-corrected chi connectivity index (χ4v) is 4.92. The Bertz CT molecular complexity index is 1190. The summed E-state index contributed by atoms with van der Waals surface area (Å²) in [7, 11) is -2.58. The highest BCUT2D eigenvalue weighted by Crippen LogP contribution is 2.25. The minimum Gasteiger partial charge on any atom is -0.495 e. The number of ether oxygens (including phenoxy) is 3. The Morgan fingerprint density at radius 1 is 1.14 bits per heavy atom. The molecule has 0 saturated carbocycles. The van der Waals surface area contributed by atoms with E-state index >= 15 is 0 Å². The lowest BCUT2D eigenvalue weighted by atomic mass is 10.1. The van der Waals surface area contributed by atoms with Crippen LogP contribution in [0.4, 0.5) is 4.79 Å². The van der Waals surface area contributed by atoms with Gasteiger partial charge in [0, 0.05) is 25.1 Å². The molecule has 36 heavy (non-hydrogen) atoms. The summed E-state index contributed by atoms with van der Waals surface area (Å²) in [6.45, 7) is 6.67. The molecule has 2 aromatic rings. The molecule has 1 unspecified atom stereocenters. The van der Waals surface area contributed by atoms with Gasteiger partial charge in [-0.2, -0.15) is 0 Å². The Kier molecular flexibility index (Phi) is 8.47. The molecule has 1 aliphatic heterocycles. The summed E-state index contributed by atoms with van der Waals surface area (Å²) >= 11 is 0. The number of carbonyl (C=O) groups excluding carboxylic acids is 2. The third kappa shape index (κ3) is 7.34. The van der Waals surface area contributed by atoms with Gasteiger partial charge < -0.3 is 24.8 Å². The van der Waals surface area contributed by atoms with Crippen molar-refractivity contribution in [3.63, 3.8) is 0 Å². The largest absolute Gasteiger partial charge is 0.495 e. The smallest absolute Gasteiger partial charge is 0.410 e. The molecule has 10 nitrogen and oxygen atoms in total. The molecule has 1 fully saturated rings. The Morgan fingerprint density at radius 2 is 1.83 bits per heavy atom. The van der Waals surface area contributed by atoms with Gasteiger partial charge >= 0.3 is 6.09 Å². The predicted octanol–water partition coefficient (Wildman–Crippen LogP) is 2.70. The van der Waals surface area contributed by atoms with Crippen LogP contribution in [0, 0.1) is 0 Å². The van der Waals surface area contributed by atoms with E-state index < -0.39 is 21.5 Å². The molecule has 0 bridgehead atoms. The molecular formula is C25H33N3O7S. The van der Waals surface area contributed by atoms with E-state index in [9.17, 15) is 18.0 Å². The van der Waals surface area contributed by atoms with Gasteiger partial charge in [-0.15, -0.1) is 0 Å². The van der Waals surface area contributed by atoms with Crippen molar-refractivity contribution >= 4 is 22.0 Å². The number of sulfonamides is 1. The van der Waals surface area contributed by atoms with Gasteiger partial charge in [-0.05, 0) is 63.1 Å². The van der Waals surface area contributed by atoms with Crippen molar-refractivity contribution in [3.05, 3.63) is 53.6 Å². The van der Waals surface area contributed by atoms with Crippen LogP contribution in [0.5, 0.6) is 11.5 Å². The van der Waals surface area contributed by atoms with Crippen molar-refractivity contribution in [2.75, 3.05) is 26.7 Å². The number of nitrogens with two attached hydrogens (primary N) is 1. The van der Waals surface area contributed by atoms with Crippen molar-refractivity contribution in [2.24, 2.45) is 5.73 Å². The van der Waals surface area contributed by atoms with E-state index in [4.69, 9.17) is 19.9 Å². The van der Waals surface area contributed by atoms with E-state index in [-0.39, 0.29) is 35.0 Å². The molecule has 0 radical (unpaired) electrons. The minimum atomic E-state index is -3.93. The van der Waals surface area contributed by atoms with Gasteiger partial charge in [-0.3, -0.25) is 4.79 Å². The monoisotopic (exact) mass is 519 g/mol. The summed E-state index contributed by atoms with van der Waals surface area (Å²) in [5.41, 5.74) is 5.71. The van der Waals surface area contributed by atoms with E-state index in [2.05, 4.69) is 4.72 Å². The number of nitrogens with zero attached hydrogens (tertiary/aromatic N) is 1. The summed E-state index contributed by atoms with van der Waals surface area (Å²) in [4.78, 5) is 25.2. The van der Waals surface area contributed by atoms with Crippen LogP contribution in [0.1, 0.15) is 43.1 Å². The lowest BCUT2D eigenvalue weighted by Crippen LogP contribution is -2.36. The first kappa shape index (κ1) is 27.3. The molecule has 1 atom stereocenters. The fraction of sp³-hybridized carbons (Fsp3) is 0.440. The standard InChI is InChI=1S/C25H33N3O7S/c1-25(2,3)35-24(30)28-14-12-20(16-28)34-19-8-5-17(6-9-19)11-13-27-36(31,32)22-15-18(23(26)29)7-10-21(22)33-4/h5-10,15,20,27H,11-14,16H2,1-4H3,(H2,26,29). The maximum atomic E-state index is 12.8. The maximum absolute atomic E-state index is 12.8. The number of rotatable bonds is 9. The fourth-order valence-electron chi connectivity index (χ4n) is 3.69. The molecule has 196 valence electrons. The van der Waals surface area contributed by atoms with Crippen LogP contribution in [0.25, 0.3) is 0 Å². The molecular weight excluding hydrogens is 486 g/mol. The second kappa shape index (κ2) is 11.2. The number of hydrogen-bond donors (Lipinski definition) is 2. The van der Waals surface area contributed by atoms with Gasteiger partial charge in [0.1, 0.15) is 28.1 Å². The van der Waals surface area contributed by atoms with Gasteiger partial charge in [0.15, 0.2) is 0 Å². The number of carbonyl (C=O) groups is 2. The second-order valence-corrected chi connectivity index (χ2v) is 11.2. The van der Waals surface area contributed by atoms with Gasteiger partial charge in [-0.25, -0.2) is 17.9 Å². The molecule has 11 heteroatoms. The second-order valence-electron chi connectivity index (χ2n) is 9.48. The summed E-state index contributed by atoms with van der Waals surface area (Å²) in [6, 6.07) is 11.4. The first-order valence-corrected chi connectivity index (χ1v) is 13.1. The highest BCUT2D eigenvalue weighted by Gasteiger charge is 2.31. The molecule has 0 aliphatic carbocycles. The van der Waals surface area contributed by atoms with E-state index in [0.29, 0.717) is 31.7 Å². The predicted molar refractivity (Wildman–Crippen MR) is 134 cm³/mol. The molecule has 1 saturated heterocycles. The third-order valence-electron chi connectivity index (χ3n) is 5.47. The molecule has 3 N–H and O–H groups in total. The highest BCUT2D eigenvalue weighted by atomic mass is 32.2. The first-order valence-electron chi connectivity index (χ1n) is 11.6. The zero-order valence-electron chi connectivity index (χ0n) is 20.9. The zero-order valence-corrected chi connectivity index (χ0v) is 21.8. The van der Waals surface area contributed by atoms with Crippen LogP contribution in [-0.2, 0) is 21.2 Å². The summed E-state index contributed by atoms with van der Waals surface area (Å²) < 4.78 is 44.6. The minimum absolute atomic E-state index is 0.0724. The number of likely N-dealkylation sites (tertiary alicyclic amines) is 1. The number of amides is 2. The van der Waals surface area contributed by atoms with Gasteiger partial charge in [0.25, 0.3) is 0 Å². The van der Waals surface area contributed by atoms with E-state index in [0.717, 1.165) is 5.56 Å². The van der Waals surface area contributed by atoms with Crippen LogP contribution >= 0.6 is 0 Å². The van der Waals surface area contributed by atoms with Crippen molar-refractivity contribution in [1.29, 1.82) is 0 Å². The Morgan fingerprint density at radius 3 is 2.44 bits per heavy atom. The van der Waals surface area contributed by atoms with Crippen LogP contribution in [-0.4, -0.2) is 63.8 Å². The van der Waals surface area contributed by atoms with Crippen molar-refractivity contribution in [3.8, 4) is 11.5 Å². The third-order valence-corrected chi connectivity index (χ3v) is 6.95.